The molecule has 2 N–H and O–H groups in total. The summed E-state index contributed by atoms with van der Waals surface area (Å²) in [6, 6.07) is 3.95. The Bertz CT molecular complexity index is 402. The Hall–Kier alpha value is -1.36. The van der Waals surface area contributed by atoms with E-state index in [0.717, 1.165) is 0 Å². The van der Waals surface area contributed by atoms with Crippen molar-refractivity contribution in [3.8, 4) is 0 Å². The largest absolute Gasteiger partial charge is 0.481 e. The van der Waals surface area contributed by atoms with Gasteiger partial charge < -0.3 is 10.4 Å². The van der Waals surface area contributed by atoms with E-state index in [0.29, 0.717) is 19.3 Å². The molecule has 5 heteroatoms. The van der Waals surface area contributed by atoms with Crippen LogP contribution in [-0.2, 0) is 16.0 Å². The van der Waals surface area contributed by atoms with Crippen molar-refractivity contribution in [1.82, 2.24) is 5.32 Å². The number of nitrogens with one attached hydrogen (secondary N) is 1. The smallest absolute Gasteiger partial charge is 0.311 e. The number of amides is 1. The topological polar surface area (TPSA) is 66.4 Å². The van der Waals surface area contributed by atoms with Crippen LogP contribution in [0.4, 0.5) is 0 Å². The average Bonchev–Trinajstić information content (AvgIpc) is 2.86. The summed E-state index contributed by atoms with van der Waals surface area (Å²) in [5.74, 6) is -0.965. The van der Waals surface area contributed by atoms with Crippen LogP contribution < -0.4 is 5.32 Å². The number of carbonyl (C=O) groups is 2. The molecule has 0 fully saturated rings. The zero-order valence-corrected chi connectivity index (χ0v) is 11.5. The van der Waals surface area contributed by atoms with E-state index in [-0.39, 0.29) is 12.5 Å². The Morgan fingerprint density at radius 2 is 2.22 bits per heavy atom. The quantitative estimate of drug-likeness (QED) is 0.798. The van der Waals surface area contributed by atoms with Gasteiger partial charge >= 0.3 is 5.97 Å². The molecule has 0 aliphatic carbocycles. The van der Waals surface area contributed by atoms with Crippen LogP contribution in [0, 0.1) is 5.41 Å². The highest BCUT2D eigenvalue weighted by atomic mass is 32.1. The van der Waals surface area contributed by atoms with Gasteiger partial charge in [-0.2, -0.15) is 0 Å². The molecule has 0 bridgehead atoms. The number of rotatable bonds is 7. The molecular formula is C13H19NO3S. The maximum absolute atomic E-state index is 11.6. The minimum absolute atomic E-state index is 0.0932. The molecule has 0 aliphatic rings. The van der Waals surface area contributed by atoms with E-state index in [1.165, 1.54) is 4.88 Å². The lowest BCUT2D eigenvalue weighted by molar-refractivity contribution is -0.148. The molecule has 4 nitrogen and oxygen atoms in total. The van der Waals surface area contributed by atoms with Crippen molar-refractivity contribution in [1.29, 1.82) is 0 Å². The third-order valence-corrected chi connectivity index (χ3v) is 4.09. The molecule has 18 heavy (non-hydrogen) atoms. The van der Waals surface area contributed by atoms with Gasteiger partial charge in [-0.15, -0.1) is 11.3 Å². The first-order valence-electron chi connectivity index (χ1n) is 6.00. The van der Waals surface area contributed by atoms with Gasteiger partial charge in [0.15, 0.2) is 0 Å². The lowest BCUT2D eigenvalue weighted by Crippen LogP contribution is -2.40. The number of aliphatic carboxylic acids is 1. The molecule has 1 aromatic heterocycles. The molecule has 1 rings (SSSR count). The number of carboxylic acid groups (broad SMARTS) is 1. The second-order valence-corrected chi connectivity index (χ2v) is 5.61. The van der Waals surface area contributed by atoms with Crippen molar-refractivity contribution in [2.75, 3.05) is 6.54 Å². The van der Waals surface area contributed by atoms with Gasteiger partial charge in [0, 0.05) is 17.8 Å². The van der Waals surface area contributed by atoms with Crippen molar-refractivity contribution in [3.05, 3.63) is 22.4 Å². The lowest BCUT2D eigenvalue weighted by Gasteiger charge is -2.23. The summed E-state index contributed by atoms with van der Waals surface area (Å²) in [6.45, 7) is 3.64. The van der Waals surface area contributed by atoms with Crippen LogP contribution >= 0.6 is 11.3 Å². The summed E-state index contributed by atoms with van der Waals surface area (Å²) in [7, 11) is 0. The van der Waals surface area contributed by atoms with Gasteiger partial charge in [0.05, 0.1) is 5.41 Å². The summed E-state index contributed by atoms with van der Waals surface area (Å²) in [5, 5.41) is 13.8. The van der Waals surface area contributed by atoms with Gasteiger partial charge in [-0.05, 0) is 31.2 Å². The van der Waals surface area contributed by atoms with Gasteiger partial charge in [-0.3, -0.25) is 9.59 Å². The highest BCUT2D eigenvalue weighted by Gasteiger charge is 2.31. The van der Waals surface area contributed by atoms with Crippen LogP contribution in [-0.4, -0.2) is 23.5 Å². The van der Waals surface area contributed by atoms with Gasteiger partial charge in [0.2, 0.25) is 5.91 Å². The molecule has 0 aromatic carbocycles. The molecule has 1 aromatic rings. The van der Waals surface area contributed by atoms with Crippen molar-refractivity contribution in [2.45, 2.75) is 33.1 Å². The Labute approximate surface area is 111 Å². The lowest BCUT2D eigenvalue weighted by atomic mass is 9.87. The summed E-state index contributed by atoms with van der Waals surface area (Å²) < 4.78 is 0. The predicted octanol–water partition coefficient (Wildman–Crippen LogP) is 2.30. The summed E-state index contributed by atoms with van der Waals surface area (Å²) in [4.78, 5) is 23.9. The Morgan fingerprint density at radius 1 is 1.50 bits per heavy atom. The van der Waals surface area contributed by atoms with Crippen molar-refractivity contribution in [3.63, 3.8) is 0 Å². The van der Waals surface area contributed by atoms with E-state index in [1.54, 1.807) is 18.3 Å². The van der Waals surface area contributed by atoms with Crippen LogP contribution in [0.15, 0.2) is 17.5 Å². The molecule has 1 unspecified atom stereocenters. The average molecular weight is 269 g/mol. The van der Waals surface area contributed by atoms with Gasteiger partial charge in [-0.25, -0.2) is 0 Å². The SMILES string of the molecule is CCC(C)(CNC(=O)CCc1cccs1)C(=O)O. The Kier molecular flexibility index (Phi) is 5.34. The molecule has 1 amide bonds. The Morgan fingerprint density at radius 3 is 2.72 bits per heavy atom. The number of carbonyl (C=O) groups excluding carboxylic acids is 1. The first kappa shape index (κ1) is 14.7. The maximum Gasteiger partial charge on any atom is 0.311 e. The van der Waals surface area contributed by atoms with Crippen LogP contribution in [0.3, 0.4) is 0 Å². The minimum atomic E-state index is -0.876. The number of hydrogen-bond acceptors (Lipinski definition) is 3. The molecular weight excluding hydrogens is 250 g/mol. The first-order valence-corrected chi connectivity index (χ1v) is 6.88. The van der Waals surface area contributed by atoms with Crippen LogP contribution in [0.2, 0.25) is 0 Å². The second-order valence-electron chi connectivity index (χ2n) is 4.58. The normalized spacial score (nSPS) is 13.9. The first-order chi connectivity index (χ1) is 8.48. The highest BCUT2D eigenvalue weighted by Crippen LogP contribution is 2.20. The van der Waals surface area contributed by atoms with E-state index in [9.17, 15) is 9.59 Å². The molecule has 0 aliphatic heterocycles. The van der Waals surface area contributed by atoms with Crippen molar-refractivity contribution < 1.29 is 14.7 Å². The highest BCUT2D eigenvalue weighted by molar-refractivity contribution is 7.09. The Balaban J connectivity index is 2.34. The molecule has 0 radical (unpaired) electrons. The number of hydrogen-bond donors (Lipinski definition) is 2. The predicted molar refractivity (Wildman–Crippen MR) is 71.7 cm³/mol. The third-order valence-electron chi connectivity index (χ3n) is 3.15. The zero-order chi connectivity index (χ0) is 13.6. The van der Waals surface area contributed by atoms with Crippen LogP contribution in [0.25, 0.3) is 0 Å². The standard InChI is InChI=1S/C13H19NO3S/c1-3-13(2,12(16)17)9-14-11(15)7-6-10-5-4-8-18-10/h4-5,8H,3,6-7,9H2,1-2H3,(H,14,15)(H,16,17). The van der Waals surface area contributed by atoms with E-state index in [2.05, 4.69) is 5.32 Å². The van der Waals surface area contributed by atoms with E-state index in [1.807, 2.05) is 24.4 Å². The molecule has 0 saturated heterocycles. The van der Waals surface area contributed by atoms with Crippen molar-refractivity contribution in [2.24, 2.45) is 5.41 Å². The fraction of sp³-hybridized carbons (Fsp3) is 0.538. The fourth-order valence-electron chi connectivity index (χ4n) is 1.43. The molecule has 100 valence electrons. The van der Waals surface area contributed by atoms with Gasteiger partial charge in [0.1, 0.15) is 0 Å². The van der Waals surface area contributed by atoms with Crippen LogP contribution in [0.5, 0.6) is 0 Å². The maximum atomic E-state index is 11.6. The van der Waals surface area contributed by atoms with Crippen LogP contribution in [0.1, 0.15) is 31.6 Å². The fourth-order valence-corrected chi connectivity index (χ4v) is 2.13. The van der Waals surface area contributed by atoms with Gasteiger partial charge in [-0.1, -0.05) is 13.0 Å². The number of thiophene rings is 1. The molecule has 1 atom stereocenters. The van der Waals surface area contributed by atoms with Crippen molar-refractivity contribution >= 4 is 23.2 Å². The van der Waals surface area contributed by atoms with Gasteiger partial charge in [0.25, 0.3) is 0 Å². The summed E-state index contributed by atoms with van der Waals surface area (Å²) in [6.07, 6.45) is 1.60. The zero-order valence-electron chi connectivity index (χ0n) is 10.7. The minimum Gasteiger partial charge on any atom is -0.481 e. The van der Waals surface area contributed by atoms with E-state index < -0.39 is 11.4 Å². The number of aryl methyl sites for hydroxylation is 1. The molecule has 0 spiro atoms. The molecule has 0 saturated carbocycles. The monoisotopic (exact) mass is 269 g/mol. The summed E-state index contributed by atoms with van der Waals surface area (Å²) in [5.41, 5.74) is -0.876. The second kappa shape index (κ2) is 6.54. The summed E-state index contributed by atoms with van der Waals surface area (Å²) >= 11 is 1.62. The van der Waals surface area contributed by atoms with E-state index in [4.69, 9.17) is 5.11 Å². The third kappa shape index (κ3) is 4.14. The number of carboxylic acids is 1. The molecule has 1 heterocycles. The van der Waals surface area contributed by atoms with E-state index >= 15 is 0 Å².